The second-order valence-electron chi connectivity index (χ2n) is 3.98. The highest BCUT2D eigenvalue weighted by atomic mass is 32.2. The van der Waals surface area contributed by atoms with E-state index in [2.05, 4.69) is 0 Å². The molecule has 0 amide bonds. The Morgan fingerprint density at radius 3 is 2.00 bits per heavy atom. The molecule has 0 saturated carbocycles. The van der Waals surface area contributed by atoms with E-state index < -0.39 is 0 Å². The van der Waals surface area contributed by atoms with E-state index in [1.807, 2.05) is 6.26 Å². The molecule has 2 rings (SSSR count). The normalized spacial score (nSPS) is 15.0. The Bertz CT molecular complexity index is 532. The van der Waals surface area contributed by atoms with Gasteiger partial charge in [-0.2, -0.15) is 0 Å². The van der Waals surface area contributed by atoms with Gasteiger partial charge >= 0.3 is 0 Å². The fourth-order valence-electron chi connectivity index (χ4n) is 1.94. The van der Waals surface area contributed by atoms with Crippen LogP contribution in [0.2, 0.25) is 0 Å². The summed E-state index contributed by atoms with van der Waals surface area (Å²) in [5.74, 6) is -0.133. The van der Waals surface area contributed by atoms with E-state index in [9.17, 15) is 9.59 Å². The first-order valence-electron chi connectivity index (χ1n) is 5.22. The predicted molar refractivity (Wildman–Crippen MR) is 69.3 cm³/mol. The molecule has 0 fully saturated rings. The maximum absolute atomic E-state index is 12.3. The maximum Gasteiger partial charge on any atom is 0.211 e. The van der Waals surface area contributed by atoms with Crippen LogP contribution in [0.4, 0.5) is 0 Å². The van der Waals surface area contributed by atoms with Crippen molar-refractivity contribution >= 4 is 23.3 Å². The number of rotatable bonds is 2. The molecule has 0 bridgehead atoms. The van der Waals surface area contributed by atoms with Crippen LogP contribution >= 0.6 is 11.8 Å². The van der Waals surface area contributed by atoms with Gasteiger partial charge < -0.3 is 4.90 Å². The molecule has 4 heteroatoms. The second kappa shape index (κ2) is 4.37. The average Bonchev–Trinajstić information content (AvgIpc) is 2.33. The van der Waals surface area contributed by atoms with Gasteiger partial charge in [-0.15, -0.1) is 11.8 Å². The van der Waals surface area contributed by atoms with Crippen molar-refractivity contribution in [3.8, 4) is 0 Å². The van der Waals surface area contributed by atoms with Crippen molar-refractivity contribution in [1.82, 2.24) is 4.90 Å². The van der Waals surface area contributed by atoms with E-state index in [0.717, 1.165) is 0 Å². The van der Waals surface area contributed by atoms with Crippen molar-refractivity contribution < 1.29 is 9.59 Å². The summed E-state index contributed by atoms with van der Waals surface area (Å²) in [5, 5.41) is 0. The van der Waals surface area contributed by atoms with E-state index >= 15 is 0 Å². The first-order chi connectivity index (χ1) is 8.07. The van der Waals surface area contributed by atoms with Gasteiger partial charge in [0.2, 0.25) is 11.6 Å². The molecule has 3 nitrogen and oxygen atoms in total. The summed E-state index contributed by atoms with van der Waals surface area (Å²) in [6, 6.07) is 6.97. The average molecular weight is 247 g/mol. The van der Waals surface area contributed by atoms with Gasteiger partial charge in [0.25, 0.3) is 0 Å². The number of hydrogen-bond donors (Lipinski definition) is 0. The lowest BCUT2D eigenvalue weighted by Gasteiger charge is -2.24. The van der Waals surface area contributed by atoms with Crippen molar-refractivity contribution in [1.29, 1.82) is 0 Å². The van der Waals surface area contributed by atoms with Gasteiger partial charge in [0.1, 0.15) is 5.70 Å². The van der Waals surface area contributed by atoms with Crippen LogP contribution in [-0.2, 0) is 0 Å². The predicted octanol–water partition coefficient (Wildman–Crippen LogP) is 2.20. The van der Waals surface area contributed by atoms with E-state index in [4.69, 9.17) is 0 Å². The Balaban J connectivity index is 2.69. The molecule has 0 atom stereocenters. The lowest BCUT2D eigenvalue weighted by molar-refractivity contribution is 0.0959. The molecule has 1 aliphatic carbocycles. The first-order valence-corrected chi connectivity index (χ1v) is 6.44. The number of Topliss-reactive ketones (excluding diaryl/α,β-unsaturated/α-hetero) is 2. The number of ketones is 2. The zero-order valence-electron chi connectivity index (χ0n) is 9.98. The smallest absolute Gasteiger partial charge is 0.211 e. The number of nitrogens with zero attached hydrogens (tertiary/aromatic N) is 1. The van der Waals surface area contributed by atoms with Crippen LogP contribution in [0.25, 0.3) is 0 Å². The molecule has 0 radical (unpaired) electrons. The van der Waals surface area contributed by atoms with Gasteiger partial charge in [0.15, 0.2) is 0 Å². The van der Waals surface area contributed by atoms with Crippen molar-refractivity contribution in [3.63, 3.8) is 0 Å². The van der Waals surface area contributed by atoms with Crippen LogP contribution in [-0.4, -0.2) is 36.8 Å². The number of thioether (sulfide) groups is 1. The van der Waals surface area contributed by atoms with Gasteiger partial charge in [0, 0.05) is 25.2 Å². The van der Waals surface area contributed by atoms with Crippen LogP contribution in [0.5, 0.6) is 0 Å². The molecule has 0 spiro atoms. The quantitative estimate of drug-likeness (QED) is 0.803. The van der Waals surface area contributed by atoms with E-state index in [0.29, 0.717) is 21.7 Å². The topological polar surface area (TPSA) is 37.4 Å². The number of fused-ring (bicyclic) bond motifs is 1. The highest BCUT2D eigenvalue weighted by molar-refractivity contribution is 8.03. The third kappa shape index (κ3) is 1.78. The summed E-state index contributed by atoms with van der Waals surface area (Å²) in [6.45, 7) is 0. The number of likely N-dealkylation sites (N-methyl/N-ethyl adjacent to an activating group) is 1. The van der Waals surface area contributed by atoms with Crippen molar-refractivity contribution in [3.05, 3.63) is 46.0 Å². The zero-order valence-corrected chi connectivity index (χ0v) is 10.8. The Kier molecular flexibility index (Phi) is 3.07. The second-order valence-corrected chi connectivity index (χ2v) is 4.80. The van der Waals surface area contributed by atoms with Crippen molar-refractivity contribution in [2.75, 3.05) is 20.4 Å². The number of allylic oxidation sites excluding steroid dienone is 2. The van der Waals surface area contributed by atoms with E-state index in [1.165, 1.54) is 11.8 Å². The number of carbonyl (C=O) groups excluding carboxylic acids is 2. The molecular weight excluding hydrogens is 234 g/mol. The minimum Gasteiger partial charge on any atom is -0.373 e. The molecule has 0 saturated heterocycles. The third-order valence-electron chi connectivity index (χ3n) is 2.70. The Morgan fingerprint density at radius 1 is 1.00 bits per heavy atom. The molecular formula is C13H13NO2S. The summed E-state index contributed by atoms with van der Waals surface area (Å²) in [4.78, 5) is 26.8. The number of benzene rings is 1. The summed E-state index contributed by atoms with van der Waals surface area (Å²) in [7, 11) is 3.56. The molecule has 17 heavy (non-hydrogen) atoms. The Morgan fingerprint density at radius 2 is 1.53 bits per heavy atom. The highest BCUT2D eigenvalue weighted by Gasteiger charge is 2.32. The molecule has 88 valence electrons. The molecule has 0 heterocycles. The molecule has 0 aliphatic heterocycles. The molecule has 1 aromatic carbocycles. The largest absolute Gasteiger partial charge is 0.373 e. The molecule has 0 unspecified atom stereocenters. The van der Waals surface area contributed by atoms with Crippen LogP contribution < -0.4 is 0 Å². The zero-order chi connectivity index (χ0) is 12.6. The SMILES string of the molecule is CSC1=C(N(C)C)C(=O)c2ccccc2C1=O. The van der Waals surface area contributed by atoms with Crippen LogP contribution in [0.3, 0.4) is 0 Å². The number of carbonyl (C=O) groups is 2. The Labute approximate surface area is 104 Å². The van der Waals surface area contributed by atoms with Crippen LogP contribution in [0.15, 0.2) is 34.9 Å². The Hall–Kier alpha value is -1.55. The summed E-state index contributed by atoms with van der Waals surface area (Å²) in [6.07, 6.45) is 1.82. The van der Waals surface area contributed by atoms with Crippen molar-refractivity contribution in [2.24, 2.45) is 0 Å². The molecule has 0 aromatic heterocycles. The number of hydrogen-bond acceptors (Lipinski definition) is 4. The van der Waals surface area contributed by atoms with Gasteiger partial charge in [-0.25, -0.2) is 0 Å². The summed E-state index contributed by atoms with van der Waals surface area (Å²) >= 11 is 1.33. The van der Waals surface area contributed by atoms with Gasteiger partial charge in [-0.1, -0.05) is 24.3 Å². The standard InChI is InChI=1S/C13H13NO2S/c1-14(2)10-11(15)8-6-4-5-7-9(8)12(16)13(10)17-3/h4-7H,1-3H3. The maximum atomic E-state index is 12.3. The van der Waals surface area contributed by atoms with Crippen molar-refractivity contribution in [2.45, 2.75) is 0 Å². The monoisotopic (exact) mass is 247 g/mol. The van der Waals surface area contributed by atoms with E-state index in [1.54, 1.807) is 43.3 Å². The fourth-order valence-corrected chi connectivity index (χ4v) is 2.70. The highest BCUT2D eigenvalue weighted by Crippen LogP contribution is 2.32. The van der Waals surface area contributed by atoms with E-state index in [-0.39, 0.29) is 11.6 Å². The van der Waals surface area contributed by atoms with Gasteiger partial charge in [-0.05, 0) is 6.26 Å². The lowest BCUT2D eigenvalue weighted by Crippen LogP contribution is -2.28. The lowest BCUT2D eigenvalue weighted by atomic mass is 9.92. The molecule has 1 aromatic rings. The molecule has 1 aliphatic rings. The fraction of sp³-hybridized carbons (Fsp3) is 0.231. The first kappa shape index (κ1) is 11.9. The summed E-state index contributed by atoms with van der Waals surface area (Å²) in [5.41, 5.74) is 1.49. The van der Waals surface area contributed by atoms with Gasteiger partial charge in [-0.3, -0.25) is 9.59 Å². The minimum atomic E-state index is -0.0745. The minimum absolute atomic E-state index is 0.0589. The van der Waals surface area contributed by atoms with Gasteiger partial charge in [0.05, 0.1) is 4.91 Å². The van der Waals surface area contributed by atoms with Crippen LogP contribution in [0.1, 0.15) is 20.7 Å². The molecule has 0 N–H and O–H groups in total. The van der Waals surface area contributed by atoms with Crippen LogP contribution in [0, 0.1) is 0 Å². The third-order valence-corrected chi connectivity index (χ3v) is 3.49. The summed E-state index contributed by atoms with van der Waals surface area (Å²) < 4.78 is 0.